The van der Waals surface area contributed by atoms with Gasteiger partial charge in [0.1, 0.15) is 11.5 Å². The van der Waals surface area contributed by atoms with E-state index >= 15 is 0 Å². The van der Waals surface area contributed by atoms with E-state index < -0.39 is 0 Å². The summed E-state index contributed by atoms with van der Waals surface area (Å²) < 4.78 is 11.2. The molecule has 4 heteroatoms. The predicted octanol–water partition coefficient (Wildman–Crippen LogP) is 5.00. The fraction of sp³-hybridized carbons (Fsp3) is 0.435. The third-order valence-electron chi connectivity index (χ3n) is 4.77. The number of benzene rings is 2. The Kier molecular flexibility index (Phi) is 6.89. The van der Waals surface area contributed by atoms with E-state index in [1.807, 2.05) is 52.0 Å². The Hall–Kier alpha value is -2.49. The average molecular weight is 370 g/mol. The van der Waals surface area contributed by atoms with Crippen molar-refractivity contribution < 1.29 is 14.3 Å². The SMILES string of the molecule is COc1cc(C)c([C@@H](C)NC(=O)COc2ccc(C)cc2C)cc1C(C)C. The maximum absolute atomic E-state index is 12.4. The molecular weight excluding hydrogens is 338 g/mol. The molecule has 1 amide bonds. The summed E-state index contributed by atoms with van der Waals surface area (Å²) in [5, 5.41) is 3.04. The zero-order valence-corrected chi connectivity index (χ0v) is 17.5. The molecule has 0 saturated carbocycles. The number of aryl methyl sites for hydroxylation is 3. The first-order chi connectivity index (χ1) is 12.7. The third-order valence-corrected chi connectivity index (χ3v) is 4.77. The maximum Gasteiger partial charge on any atom is 0.258 e. The van der Waals surface area contributed by atoms with Gasteiger partial charge in [-0.15, -0.1) is 0 Å². The van der Waals surface area contributed by atoms with Crippen LogP contribution in [0.3, 0.4) is 0 Å². The van der Waals surface area contributed by atoms with Crippen molar-refractivity contribution in [1.29, 1.82) is 0 Å². The van der Waals surface area contributed by atoms with E-state index in [4.69, 9.17) is 9.47 Å². The molecule has 0 radical (unpaired) electrons. The first-order valence-electron chi connectivity index (χ1n) is 9.40. The van der Waals surface area contributed by atoms with Crippen LogP contribution in [0.2, 0.25) is 0 Å². The van der Waals surface area contributed by atoms with E-state index in [9.17, 15) is 4.79 Å². The van der Waals surface area contributed by atoms with Crippen LogP contribution in [0.25, 0.3) is 0 Å². The summed E-state index contributed by atoms with van der Waals surface area (Å²) in [5.74, 6) is 1.84. The van der Waals surface area contributed by atoms with E-state index in [1.54, 1.807) is 7.11 Å². The van der Waals surface area contributed by atoms with Gasteiger partial charge >= 0.3 is 0 Å². The van der Waals surface area contributed by atoms with E-state index in [2.05, 4.69) is 25.2 Å². The van der Waals surface area contributed by atoms with Gasteiger partial charge in [-0.05, 0) is 74.1 Å². The van der Waals surface area contributed by atoms with Crippen LogP contribution in [0.5, 0.6) is 11.5 Å². The lowest BCUT2D eigenvalue weighted by Crippen LogP contribution is -2.31. The van der Waals surface area contributed by atoms with Crippen molar-refractivity contribution in [1.82, 2.24) is 5.32 Å². The fourth-order valence-electron chi connectivity index (χ4n) is 3.28. The number of rotatable bonds is 7. The van der Waals surface area contributed by atoms with Crippen LogP contribution in [-0.2, 0) is 4.79 Å². The quantitative estimate of drug-likeness (QED) is 0.747. The van der Waals surface area contributed by atoms with E-state index in [-0.39, 0.29) is 18.6 Å². The molecule has 146 valence electrons. The molecule has 0 fully saturated rings. The summed E-state index contributed by atoms with van der Waals surface area (Å²) in [5.41, 5.74) is 5.54. The first-order valence-corrected chi connectivity index (χ1v) is 9.40. The van der Waals surface area contributed by atoms with Gasteiger partial charge in [-0.1, -0.05) is 31.5 Å². The monoisotopic (exact) mass is 369 g/mol. The van der Waals surface area contributed by atoms with Gasteiger partial charge in [0.15, 0.2) is 6.61 Å². The van der Waals surface area contributed by atoms with Gasteiger partial charge in [0.05, 0.1) is 13.2 Å². The third kappa shape index (κ3) is 5.25. The van der Waals surface area contributed by atoms with Gasteiger partial charge in [-0.25, -0.2) is 0 Å². The lowest BCUT2D eigenvalue weighted by Gasteiger charge is -2.21. The van der Waals surface area contributed by atoms with E-state index in [1.165, 1.54) is 5.56 Å². The molecule has 0 aliphatic heterocycles. The van der Waals surface area contributed by atoms with Crippen molar-refractivity contribution >= 4 is 5.91 Å². The molecule has 4 nitrogen and oxygen atoms in total. The molecule has 0 aliphatic carbocycles. The number of amides is 1. The standard InChI is InChI=1S/C23H31NO3/c1-14(2)19-12-20(16(4)11-22(19)26-7)18(6)24-23(25)13-27-21-9-8-15(3)10-17(21)5/h8-12,14,18H,13H2,1-7H3,(H,24,25)/t18-/m1/s1. The molecule has 0 aliphatic rings. The van der Waals surface area contributed by atoms with Crippen LogP contribution in [0, 0.1) is 20.8 Å². The molecule has 2 rings (SSSR count). The van der Waals surface area contributed by atoms with Crippen molar-refractivity contribution in [3.8, 4) is 11.5 Å². The minimum Gasteiger partial charge on any atom is -0.496 e. The fourth-order valence-corrected chi connectivity index (χ4v) is 3.28. The van der Waals surface area contributed by atoms with Gasteiger partial charge in [-0.2, -0.15) is 0 Å². The summed E-state index contributed by atoms with van der Waals surface area (Å²) in [6.45, 7) is 12.3. The highest BCUT2D eigenvalue weighted by Gasteiger charge is 2.17. The van der Waals surface area contributed by atoms with Crippen LogP contribution in [0.4, 0.5) is 0 Å². The van der Waals surface area contributed by atoms with Crippen molar-refractivity contribution in [3.63, 3.8) is 0 Å². The highest BCUT2D eigenvalue weighted by molar-refractivity contribution is 5.78. The van der Waals surface area contributed by atoms with Gasteiger partial charge < -0.3 is 14.8 Å². The first kappa shape index (κ1) is 20.8. The Morgan fingerprint density at radius 2 is 1.67 bits per heavy atom. The average Bonchev–Trinajstić information content (AvgIpc) is 2.60. The summed E-state index contributed by atoms with van der Waals surface area (Å²) in [6, 6.07) is 10.0. The number of hydrogen-bond donors (Lipinski definition) is 1. The van der Waals surface area contributed by atoms with Gasteiger partial charge in [0.2, 0.25) is 0 Å². The van der Waals surface area contributed by atoms with Crippen molar-refractivity contribution in [2.45, 2.75) is 53.5 Å². The number of hydrogen-bond acceptors (Lipinski definition) is 3. The highest BCUT2D eigenvalue weighted by Crippen LogP contribution is 2.32. The lowest BCUT2D eigenvalue weighted by molar-refractivity contribution is -0.123. The van der Waals surface area contributed by atoms with Gasteiger partial charge in [0, 0.05) is 0 Å². The summed E-state index contributed by atoms with van der Waals surface area (Å²) in [4.78, 5) is 12.4. The Morgan fingerprint density at radius 3 is 2.26 bits per heavy atom. The zero-order valence-electron chi connectivity index (χ0n) is 17.5. The van der Waals surface area contributed by atoms with Crippen LogP contribution in [0.1, 0.15) is 60.5 Å². The normalized spacial score (nSPS) is 12.0. The molecule has 0 unspecified atom stereocenters. The van der Waals surface area contributed by atoms with E-state index in [0.29, 0.717) is 5.92 Å². The molecule has 0 saturated heterocycles. The number of carbonyl (C=O) groups excluding carboxylic acids is 1. The smallest absolute Gasteiger partial charge is 0.258 e. The second-order valence-corrected chi connectivity index (χ2v) is 7.45. The number of carbonyl (C=O) groups is 1. The van der Waals surface area contributed by atoms with E-state index in [0.717, 1.165) is 33.8 Å². The van der Waals surface area contributed by atoms with Crippen LogP contribution in [-0.4, -0.2) is 19.6 Å². The van der Waals surface area contributed by atoms with Gasteiger partial charge in [0.25, 0.3) is 5.91 Å². The molecular formula is C23H31NO3. The molecule has 0 aromatic heterocycles. The molecule has 1 atom stereocenters. The summed E-state index contributed by atoms with van der Waals surface area (Å²) in [7, 11) is 1.69. The topological polar surface area (TPSA) is 47.6 Å². The van der Waals surface area contributed by atoms with Crippen molar-refractivity contribution in [3.05, 3.63) is 58.1 Å². The molecule has 0 heterocycles. The maximum atomic E-state index is 12.4. The molecule has 27 heavy (non-hydrogen) atoms. The van der Waals surface area contributed by atoms with Crippen molar-refractivity contribution in [2.75, 3.05) is 13.7 Å². The zero-order chi connectivity index (χ0) is 20.1. The lowest BCUT2D eigenvalue weighted by atomic mass is 9.93. The Balaban J connectivity index is 2.06. The molecule has 1 N–H and O–H groups in total. The molecule has 2 aromatic rings. The molecule has 0 spiro atoms. The Morgan fingerprint density at radius 1 is 0.963 bits per heavy atom. The second kappa shape index (κ2) is 8.94. The van der Waals surface area contributed by atoms with Crippen molar-refractivity contribution in [2.24, 2.45) is 0 Å². The summed E-state index contributed by atoms with van der Waals surface area (Å²) in [6.07, 6.45) is 0. The highest BCUT2D eigenvalue weighted by atomic mass is 16.5. The minimum atomic E-state index is -0.135. The second-order valence-electron chi connectivity index (χ2n) is 7.45. The van der Waals surface area contributed by atoms with Gasteiger partial charge in [-0.3, -0.25) is 4.79 Å². The largest absolute Gasteiger partial charge is 0.496 e. The summed E-state index contributed by atoms with van der Waals surface area (Å²) >= 11 is 0. The minimum absolute atomic E-state index is 0.000477. The van der Waals surface area contributed by atoms with Crippen LogP contribution in [0.15, 0.2) is 30.3 Å². The Labute approximate surface area is 162 Å². The molecule has 2 aromatic carbocycles. The Bertz CT molecular complexity index is 812. The van der Waals surface area contributed by atoms with Crippen LogP contribution >= 0.6 is 0 Å². The molecule has 0 bridgehead atoms. The number of nitrogens with one attached hydrogen (secondary N) is 1. The number of methoxy groups -OCH3 is 1. The number of ether oxygens (including phenoxy) is 2. The van der Waals surface area contributed by atoms with Crippen LogP contribution < -0.4 is 14.8 Å². The predicted molar refractivity (Wildman–Crippen MR) is 110 cm³/mol.